The number of halogens is 2. The highest BCUT2D eigenvalue weighted by Crippen LogP contribution is 2.33. The summed E-state index contributed by atoms with van der Waals surface area (Å²) in [5.74, 6) is -0.478. The average molecular weight is 368 g/mol. The second-order valence-electron chi connectivity index (χ2n) is 5.89. The number of benzene rings is 2. The SMILES string of the molecule is CC(C)c1cc(Cc2c(Cl)cc(NCC(=O)O)cc2Cl)ccc1O. The van der Waals surface area contributed by atoms with Crippen molar-refractivity contribution in [3.8, 4) is 5.75 Å². The number of phenols is 1. The van der Waals surface area contributed by atoms with Crippen molar-refractivity contribution in [2.75, 3.05) is 11.9 Å². The summed E-state index contributed by atoms with van der Waals surface area (Å²) in [6, 6.07) is 8.79. The lowest BCUT2D eigenvalue weighted by Crippen LogP contribution is -2.12. The maximum absolute atomic E-state index is 10.6. The largest absolute Gasteiger partial charge is 0.508 e. The van der Waals surface area contributed by atoms with Gasteiger partial charge in [0.25, 0.3) is 0 Å². The van der Waals surface area contributed by atoms with Crippen LogP contribution < -0.4 is 5.32 Å². The first-order valence-electron chi connectivity index (χ1n) is 7.53. The van der Waals surface area contributed by atoms with Gasteiger partial charge in [-0.2, -0.15) is 0 Å². The van der Waals surface area contributed by atoms with Gasteiger partial charge in [-0.3, -0.25) is 4.79 Å². The average Bonchev–Trinajstić information content (AvgIpc) is 2.50. The molecule has 0 fully saturated rings. The number of aliphatic carboxylic acids is 1. The molecule has 0 aliphatic heterocycles. The molecule has 0 radical (unpaired) electrons. The molecule has 4 nitrogen and oxygen atoms in total. The zero-order chi connectivity index (χ0) is 17.9. The van der Waals surface area contributed by atoms with E-state index in [1.165, 1.54) is 0 Å². The third-order valence-corrected chi connectivity index (χ3v) is 4.35. The topological polar surface area (TPSA) is 69.6 Å². The quantitative estimate of drug-likeness (QED) is 0.678. The molecular weight excluding hydrogens is 349 g/mol. The van der Waals surface area contributed by atoms with Crippen molar-refractivity contribution in [2.24, 2.45) is 0 Å². The number of carboxylic acids is 1. The predicted octanol–water partition coefficient (Wildman–Crippen LogP) is 4.91. The smallest absolute Gasteiger partial charge is 0.322 e. The molecule has 3 N–H and O–H groups in total. The number of aromatic hydroxyl groups is 1. The summed E-state index contributed by atoms with van der Waals surface area (Å²) in [6.07, 6.45) is 0.525. The molecule has 0 bridgehead atoms. The van der Waals surface area contributed by atoms with Gasteiger partial charge in [-0.25, -0.2) is 0 Å². The van der Waals surface area contributed by atoms with Gasteiger partial charge >= 0.3 is 5.97 Å². The molecule has 0 heterocycles. The third kappa shape index (κ3) is 4.56. The van der Waals surface area contributed by atoms with Crippen molar-refractivity contribution < 1.29 is 15.0 Å². The Morgan fingerprint density at radius 1 is 1.17 bits per heavy atom. The van der Waals surface area contributed by atoms with Crippen molar-refractivity contribution in [2.45, 2.75) is 26.2 Å². The summed E-state index contributed by atoms with van der Waals surface area (Å²) < 4.78 is 0. The van der Waals surface area contributed by atoms with Gasteiger partial charge < -0.3 is 15.5 Å². The lowest BCUT2D eigenvalue weighted by molar-refractivity contribution is -0.134. The molecule has 0 amide bonds. The van der Waals surface area contributed by atoms with E-state index in [0.29, 0.717) is 22.2 Å². The van der Waals surface area contributed by atoms with E-state index in [1.54, 1.807) is 18.2 Å². The number of nitrogens with one attached hydrogen (secondary N) is 1. The van der Waals surface area contributed by atoms with Crippen LogP contribution in [-0.2, 0) is 11.2 Å². The summed E-state index contributed by atoms with van der Waals surface area (Å²) in [4.78, 5) is 10.6. The van der Waals surface area contributed by atoms with Gasteiger partial charge in [0, 0.05) is 22.2 Å². The standard InChI is InChI=1S/C18H19Cl2NO3/c1-10(2)13-5-11(3-4-17(13)22)6-14-15(19)7-12(8-16(14)20)21-9-18(23)24/h3-5,7-8,10,21-22H,6,9H2,1-2H3,(H,23,24). The van der Waals surface area contributed by atoms with Gasteiger partial charge in [-0.05, 0) is 40.8 Å². The Labute approximate surface area is 151 Å². The van der Waals surface area contributed by atoms with Gasteiger partial charge in [0.1, 0.15) is 12.3 Å². The molecule has 6 heteroatoms. The molecule has 0 unspecified atom stereocenters. The first-order valence-corrected chi connectivity index (χ1v) is 8.29. The van der Waals surface area contributed by atoms with Crippen molar-refractivity contribution in [3.05, 3.63) is 57.1 Å². The summed E-state index contributed by atoms with van der Waals surface area (Å²) in [7, 11) is 0. The van der Waals surface area contributed by atoms with Crippen molar-refractivity contribution in [3.63, 3.8) is 0 Å². The molecule has 24 heavy (non-hydrogen) atoms. The lowest BCUT2D eigenvalue weighted by Gasteiger charge is -2.13. The number of hydrogen-bond acceptors (Lipinski definition) is 3. The molecule has 2 aromatic rings. The van der Waals surface area contributed by atoms with Crippen molar-refractivity contribution >= 4 is 34.9 Å². The Balaban J connectivity index is 2.27. The number of hydrogen-bond donors (Lipinski definition) is 3. The first-order chi connectivity index (χ1) is 11.3. The number of carboxylic acid groups (broad SMARTS) is 1. The molecule has 2 rings (SSSR count). The van der Waals surface area contributed by atoms with Crippen LogP contribution in [0, 0.1) is 0 Å². The molecule has 0 atom stereocenters. The van der Waals surface area contributed by atoms with Crippen molar-refractivity contribution in [1.82, 2.24) is 0 Å². The molecule has 2 aromatic carbocycles. The predicted molar refractivity (Wildman–Crippen MR) is 97.6 cm³/mol. The molecule has 0 aromatic heterocycles. The maximum atomic E-state index is 10.6. The van der Waals surface area contributed by atoms with E-state index in [4.69, 9.17) is 28.3 Å². The summed E-state index contributed by atoms with van der Waals surface area (Å²) in [6.45, 7) is 3.82. The zero-order valence-corrected chi connectivity index (χ0v) is 14.9. The Bertz CT molecular complexity index is 737. The Morgan fingerprint density at radius 2 is 1.79 bits per heavy atom. The van der Waals surface area contributed by atoms with Gasteiger partial charge in [-0.1, -0.05) is 49.2 Å². The van der Waals surface area contributed by atoms with Crippen LogP contribution in [-0.4, -0.2) is 22.7 Å². The monoisotopic (exact) mass is 367 g/mol. The number of rotatable bonds is 6. The normalized spacial score (nSPS) is 10.9. The molecule has 0 aliphatic carbocycles. The van der Waals surface area contributed by atoms with E-state index in [-0.39, 0.29) is 18.2 Å². The second kappa shape index (κ2) is 7.77. The fraction of sp³-hybridized carbons (Fsp3) is 0.278. The summed E-state index contributed by atoms with van der Waals surface area (Å²) in [5.41, 5.74) is 3.19. The maximum Gasteiger partial charge on any atom is 0.322 e. The molecule has 0 aliphatic rings. The minimum Gasteiger partial charge on any atom is -0.508 e. The minimum atomic E-state index is -0.961. The molecule has 0 saturated heterocycles. The van der Waals surface area contributed by atoms with Crippen LogP contribution >= 0.6 is 23.2 Å². The van der Waals surface area contributed by atoms with Crippen LogP contribution in [0.5, 0.6) is 5.75 Å². The van der Waals surface area contributed by atoms with E-state index in [0.717, 1.165) is 16.7 Å². The Kier molecular flexibility index (Phi) is 5.97. The fourth-order valence-corrected chi connectivity index (χ4v) is 3.05. The van der Waals surface area contributed by atoms with E-state index in [9.17, 15) is 9.90 Å². The highest BCUT2D eigenvalue weighted by Gasteiger charge is 2.12. The van der Waals surface area contributed by atoms with E-state index in [1.807, 2.05) is 26.0 Å². The van der Waals surface area contributed by atoms with Crippen LogP contribution in [0.4, 0.5) is 5.69 Å². The lowest BCUT2D eigenvalue weighted by atomic mass is 9.96. The van der Waals surface area contributed by atoms with Gasteiger partial charge in [0.15, 0.2) is 0 Å². The Morgan fingerprint density at radius 3 is 2.33 bits per heavy atom. The third-order valence-electron chi connectivity index (χ3n) is 3.68. The number of anilines is 1. The van der Waals surface area contributed by atoms with Crippen LogP contribution in [0.15, 0.2) is 30.3 Å². The highest BCUT2D eigenvalue weighted by atomic mass is 35.5. The summed E-state index contributed by atoms with van der Waals surface area (Å²) in [5, 5.41) is 22.3. The molecule has 0 saturated carbocycles. The molecular formula is C18H19Cl2NO3. The van der Waals surface area contributed by atoms with Crippen molar-refractivity contribution in [1.29, 1.82) is 0 Å². The zero-order valence-electron chi connectivity index (χ0n) is 13.4. The number of carbonyl (C=O) groups is 1. The molecule has 128 valence electrons. The minimum absolute atomic E-state index is 0.207. The van der Waals surface area contributed by atoms with E-state index >= 15 is 0 Å². The fourth-order valence-electron chi connectivity index (χ4n) is 2.43. The van der Waals surface area contributed by atoms with E-state index < -0.39 is 5.97 Å². The van der Waals surface area contributed by atoms with Crippen LogP contribution in [0.2, 0.25) is 10.0 Å². The van der Waals surface area contributed by atoms with Crippen LogP contribution in [0.1, 0.15) is 36.5 Å². The van der Waals surface area contributed by atoms with Crippen LogP contribution in [0.25, 0.3) is 0 Å². The van der Waals surface area contributed by atoms with Crippen LogP contribution in [0.3, 0.4) is 0 Å². The summed E-state index contributed by atoms with van der Waals surface area (Å²) >= 11 is 12.6. The van der Waals surface area contributed by atoms with Gasteiger partial charge in [-0.15, -0.1) is 0 Å². The second-order valence-corrected chi connectivity index (χ2v) is 6.70. The molecule has 0 spiro atoms. The van der Waals surface area contributed by atoms with Gasteiger partial charge in [0.2, 0.25) is 0 Å². The highest BCUT2D eigenvalue weighted by molar-refractivity contribution is 6.36. The van der Waals surface area contributed by atoms with E-state index in [2.05, 4.69) is 5.32 Å². The first kappa shape index (κ1) is 18.4. The number of phenolic OH excluding ortho intramolecular Hbond substituents is 1. The van der Waals surface area contributed by atoms with Gasteiger partial charge in [0.05, 0.1) is 0 Å². The Hall–Kier alpha value is -1.91.